The van der Waals surface area contributed by atoms with E-state index in [1.54, 1.807) is 19.1 Å². The van der Waals surface area contributed by atoms with E-state index in [0.29, 0.717) is 11.6 Å². The Hall–Kier alpha value is -3.21. The molecule has 0 bridgehead atoms. The summed E-state index contributed by atoms with van der Waals surface area (Å²) in [6.45, 7) is 3.93. The maximum absolute atomic E-state index is 11.5. The molecule has 1 aromatic heterocycles. The summed E-state index contributed by atoms with van der Waals surface area (Å²) in [5, 5.41) is 0. The summed E-state index contributed by atoms with van der Waals surface area (Å²) in [7, 11) is 1.35. The lowest BCUT2D eigenvalue weighted by atomic mass is 10.0. The molecule has 36 heavy (non-hydrogen) atoms. The molecular formula is C31H40N2O3. The number of rotatable bonds is 15. The Kier molecular flexibility index (Phi) is 11.4. The number of aryl methyl sites for hydroxylation is 1. The van der Waals surface area contributed by atoms with Crippen LogP contribution in [-0.2, 0) is 16.0 Å². The molecule has 1 unspecified atom stereocenters. The third-order valence-electron chi connectivity index (χ3n) is 6.47. The quantitative estimate of drug-likeness (QED) is 0.161. The van der Waals surface area contributed by atoms with Crippen molar-refractivity contribution < 1.29 is 14.3 Å². The van der Waals surface area contributed by atoms with Crippen LogP contribution in [0.5, 0.6) is 5.75 Å². The van der Waals surface area contributed by atoms with Crippen molar-refractivity contribution in [1.29, 1.82) is 0 Å². The van der Waals surface area contributed by atoms with E-state index in [4.69, 9.17) is 9.47 Å². The third-order valence-corrected chi connectivity index (χ3v) is 6.47. The molecule has 5 heteroatoms. The van der Waals surface area contributed by atoms with E-state index in [2.05, 4.69) is 41.2 Å². The van der Waals surface area contributed by atoms with Gasteiger partial charge in [0.1, 0.15) is 5.75 Å². The highest BCUT2D eigenvalue weighted by atomic mass is 16.6. The summed E-state index contributed by atoms with van der Waals surface area (Å²) < 4.78 is 10.3. The second-order valence-electron chi connectivity index (χ2n) is 9.38. The van der Waals surface area contributed by atoms with Crippen LogP contribution in [0, 0.1) is 0 Å². The zero-order valence-electron chi connectivity index (χ0n) is 22.0. The lowest BCUT2D eigenvalue weighted by molar-refractivity contribution is -0.147. The van der Waals surface area contributed by atoms with Crippen LogP contribution in [-0.4, -0.2) is 29.2 Å². The molecule has 0 aliphatic rings. The van der Waals surface area contributed by atoms with Crippen LogP contribution in [0.1, 0.15) is 77.2 Å². The number of esters is 1. The number of ether oxygens (including phenoxy) is 2. The Labute approximate surface area is 216 Å². The molecule has 0 N–H and O–H groups in total. The van der Waals surface area contributed by atoms with E-state index in [0.717, 1.165) is 23.1 Å². The second kappa shape index (κ2) is 15.0. The number of hydrogen-bond donors (Lipinski definition) is 0. The van der Waals surface area contributed by atoms with Crippen molar-refractivity contribution in [2.45, 2.75) is 84.2 Å². The average Bonchev–Trinajstić information content (AvgIpc) is 2.92. The predicted molar refractivity (Wildman–Crippen MR) is 146 cm³/mol. The number of carbonyl (C=O) groups excluding carboxylic acids is 1. The molecule has 0 saturated heterocycles. The van der Waals surface area contributed by atoms with Gasteiger partial charge in [-0.3, -0.25) is 0 Å². The molecule has 0 fully saturated rings. The van der Waals surface area contributed by atoms with E-state index in [9.17, 15) is 4.79 Å². The van der Waals surface area contributed by atoms with E-state index in [1.807, 2.05) is 24.5 Å². The number of benzene rings is 2. The first-order valence-corrected chi connectivity index (χ1v) is 13.4. The SMILES string of the molecule is CCCCCCCCCCCc1ccc(-c2cnc(-c3ccc(OC(C)C(=O)OC)cc3)nc2)cc1. The highest BCUT2D eigenvalue weighted by Gasteiger charge is 2.14. The largest absolute Gasteiger partial charge is 0.479 e. The third kappa shape index (κ3) is 8.78. The number of hydrogen-bond acceptors (Lipinski definition) is 5. The first-order valence-electron chi connectivity index (χ1n) is 13.4. The molecule has 5 nitrogen and oxygen atoms in total. The molecule has 0 amide bonds. The van der Waals surface area contributed by atoms with Gasteiger partial charge in [-0.25, -0.2) is 14.8 Å². The maximum Gasteiger partial charge on any atom is 0.346 e. The molecule has 1 atom stereocenters. The Balaban J connectivity index is 1.45. The molecule has 0 aliphatic heterocycles. The van der Waals surface area contributed by atoms with Gasteiger partial charge in [-0.05, 0) is 55.2 Å². The molecule has 1 heterocycles. The second-order valence-corrected chi connectivity index (χ2v) is 9.38. The summed E-state index contributed by atoms with van der Waals surface area (Å²) in [6, 6.07) is 16.2. The Morgan fingerprint density at radius 1 is 0.750 bits per heavy atom. The van der Waals surface area contributed by atoms with E-state index in [-0.39, 0.29) is 0 Å². The van der Waals surface area contributed by atoms with Gasteiger partial charge in [-0.15, -0.1) is 0 Å². The fourth-order valence-corrected chi connectivity index (χ4v) is 4.23. The summed E-state index contributed by atoms with van der Waals surface area (Å²) in [4.78, 5) is 20.6. The van der Waals surface area contributed by atoms with Crippen LogP contribution < -0.4 is 4.74 Å². The molecule has 0 saturated carbocycles. The Morgan fingerprint density at radius 2 is 1.31 bits per heavy atom. The molecular weight excluding hydrogens is 448 g/mol. The van der Waals surface area contributed by atoms with Crippen LogP contribution in [0.3, 0.4) is 0 Å². The number of unbranched alkanes of at least 4 members (excludes halogenated alkanes) is 8. The first-order chi connectivity index (χ1) is 17.6. The van der Waals surface area contributed by atoms with Crippen molar-refractivity contribution in [1.82, 2.24) is 9.97 Å². The number of nitrogens with zero attached hydrogens (tertiary/aromatic N) is 2. The van der Waals surface area contributed by atoms with Crippen molar-refractivity contribution in [3.05, 3.63) is 66.5 Å². The summed E-state index contributed by atoms with van der Waals surface area (Å²) in [6.07, 6.45) is 16.4. The van der Waals surface area contributed by atoms with Crippen LogP contribution in [0.25, 0.3) is 22.5 Å². The van der Waals surface area contributed by atoms with Crippen LogP contribution >= 0.6 is 0 Å². The molecule has 3 rings (SSSR count). The van der Waals surface area contributed by atoms with Crippen molar-refractivity contribution in [2.75, 3.05) is 7.11 Å². The van der Waals surface area contributed by atoms with E-state index >= 15 is 0 Å². The molecule has 0 aliphatic carbocycles. The topological polar surface area (TPSA) is 61.3 Å². The van der Waals surface area contributed by atoms with Crippen molar-refractivity contribution in [3.8, 4) is 28.3 Å². The molecule has 0 radical (unpaired) electrons. The molecule has 3 aromatic rings. The van der Waals surface area contributed by atoms with Crippen LogP contribution in [0.4, 0.5) is 0 Å². The van der Waals surface area contributed by atoms with Gasteiger partial charge in [0.2, 0.25) is 0 Å². The van der Waals surface area contributed by atoms with Gasteiger partial charge in [-0.1, -0.05) is 82.6 Å². The standard InChI is InChI=1S/C31H40N2O3/c1-4-5-6-7-8-9-10-11-12-13-25-14-16-26(17-15-25)28-22-32-30(33-23-28)27-18-20-29(21-19-27)36-24(2)31(34)35-3/h14-24H,4-13H2,1-3H3. The lowest BCUT2D eigenvalue weighted by Crippen LogP contribution is -2.24. The Morgan fingerprint density at radius 3 is 1.89 bits per heavy atom. The monoisotopic (exact) mass is 488 g/mol. The minimum Gasteiger partial charge on any atom is -0.479 e. The molecule has 2 aromatic carbocycles. The van der Waals surface area contributed by atoms with Gasteiger partial charge < -0.3 is 9.47 Å². The van der Waals surface area contributed by atoms with E-state index < -0.39 is 12.1 Å². The van der Waals surface area contributed by atoms with Gasteiger partial charge in [0.05, 0.1) is 7.11 Å². The van der Waals surface area contributed by atoms with Crippen molar-refractivity contribution in [2.24, 2.45) is 0 Å². The van der Waals surface area contributed by atoms with Gasteiger partial charge in [0.15, 0.2) is 11.9 Å². The van der Waals surface area contributed by atoms with Crippen molar-refractivity contribution >= 4 is 5.97 Å². The summed E-state index contributed by atoms with van der Waals surface area (Å²) in [5.74, 6) is 0.832. The van der Waals surface area contributed by atoms with Gasteiger partial charge in [0.25, 0.3) is 0 Å². The lowest BCUT2D eigenvalue weighted by Gasteiger charge is -2.12. The van der Waals surface area contributed by atoms with Gasteiger partial charge in [-0.2, -0.15) is 0 Å². The minimum absolute atomic E-state index is 0.408. The Bertz CT molecular complexity index is 1030. The molecule has 192 valence electrons. The normalized spacial score (nSPS) is 11.8. The van der Waals surface area contributed by atoms with E-state index in [1.165, 1.54) is 70.5 Å². The minimum atomic E-state index is -0.659. The number of methoxy groups -OCH3 is 1. The summed E-state index contributed by atoms with van der Waals surface area (Å²) >= 11 is 0. The van der Waals surface area contributed by atoms with Crippen LogP contribution in [0.2, 0.25) is 0 Å². The maximum atomic E-state index is 11.5. The highest BCUT2D eigenvalue weighted by Crippen LogP contribution is 2.23. The number of carbonyl (C=O) groups is 1. The fraction of sp³-hybridized carbons (Fsp3) is 0.452. The fourth-order valence-electron chi connectivity index (χ4n) is 4.23. The zero-order valence-corrected chi connectivity index (χ0v) is 22.0. The summed E-state index contributed by atoms with van der Waals surface area (Å²) in [5.41, 5.74) is 4.40. The van der Waals surface area contributed by atoms with Crippen molar-refractivity contribution in [3.63, 3.8) is 0 Å². The number of aromatic nitrogens is 2. The highest BCUT2D eigenvalue weighted by molar-refractivity contribution is 5.74. The predicted octanol–water partition coefficient (Wildman–Crippen LogP) is 7.82. The first kappa shape index (κ1) is 27.4. The van der Waals surface area contributed by atoms with Crippen LogP contribution in [0.15, 0.2) is 60.9 Å². The smallest absolute Gasteiger partial charge is 0.346 e. The zero-order chi connectivity index (χ0) is 25.6. The van der Waals surface area contributed by atoms with Gasteiger partial charge in [0, 0.05) is 23.5 Å². The average molecular weight is 489 g/mol. The molecule has 0 spiro atoms. The van der Waals surface area contributed by atoms with Gasteiger partial charge >= 0.3 is 5.97 Å².